The highest BCUT2D eigenvalue weighted by atomic mass is 35.5. The van der Waals surface area contributed by atoms with Crippen LogP contribution >= 0.6 is 34.8 Å². The van der Waals surface area contributed by atoms with E-state index in [9.17, 15) is 24.3 Å². The Labute approximate surface area is 417 Å². The zero-order valence-corrected chi connectivity index (χ0v) is 42.7. The maximum atomic E-state index is 14.1. The van der Waals surface area contributed by atoms with Crippen molar-refractivity contribution in [3.63, 3.8) is 0 Å². The van der Waals surface area contributed by atoms with Gasteiger partial charge in [0.05, 0.1) is 5.60 Å². The van der Waals surface area contributed by atoms with Crippen LogP contribution in [0.25, 0.3) is 18.2 Å². The average Bonchev–Trinajstić information content (AvgIpc) is 3.63. The SMILES string of the molecule is C[C@H](C[C@H](OC(=O)/C=C/c1ccccc1Cl)[C@@H](OC(=O)/C=C/c1ccccc1Cl)C(C)(C)O)C1=C2C[C@H](OC(=O)/C=C/c3ccccc3Cl)[C@H]3[C@@]4(C)CCC(=O)C(C)(C)[C@@H]4CC[C@]3(C)[C@@]2(C)CC1. The maximum Gasteiger partial charge on any atom is 0.331 e. The number of Topliss-reactive ketones (excluding diaryl/α,β-unsaturated/α-hetero) is 1. The van der Waals surface area contributed by atoms with Crippen molar-refractivity contribution in [1.29, 1.82) is 0 Å². The number of hydrogen-bond acceptors (Lipinski definition) is 8. The van der Waals surface area contributed by atoms with Crippen molar-refractivity contribution in [3.8, 4) is 0 Å². The molecule has 362 valence electrons. The van der Waals surface area contributed by atoms with Gasteiger partial charge in [-0.05, 0) is 134 Å². The number of rotatable bonds is 14. The quantitative estimate of drug-likeness (QED) is 0.0735. The third-order valence-corrected chi connectivity index (χ3v) is 17.5. The van der Waals surface area contributed by atoms with E-state index in [4.69, 9.17) is 49.0 Å². The molecule has 0 radical (unpaired) electrons. The number of esters is 3. The second kappa shape index (κ2) is 20.1. The molecule has 11 heteroatoms. The summed E-state index contributed by atoms with van der Waals surface area (Å²) >= 11 is 19.2. The smallest absolute Gasteiger partial charge is 0.331 e. The number of carbonyl (C=O) groups excluding carboxylic acids is 4. The number of ether oxygens (including phenoxy) is 3. The van der Waals surface area contributed by atoms with Crippen LogP contribution in [-0.2, 0) is 33.4 Å². The molecule has 0 aliphatic heterocycles. The Hall–Kier alpha value is -4.47. The molecule has 3 fully saturated rings. The van der Waals surface area contributed by atoms with E-state index in [1.165, 1.54) is 43.2 Å². The van der Waals surface area contributed by atoms with Crippen LogP contribution in [-0.4, -0.2) is 52.7 Å². The highest BCUT2D eigenvalue weighted by Gasteiger charge is 2.70. The van der Waals surface area contributed by atoms with Crippen LogP contribution in [0.1, 0.15) is 123 Å². The molecule has 0 spiro atoms. The predicted octanol–water partition coefficient (Wildman–Crippen LogP) is 13.5. The Morgan fingerprint density at radius 1 is 0.735 bits per heavy atom. The van der Waals surface area contributed by atoms with Crippen LogP contribution in [0.15, 0.2) is 102 Å². The first-order valence-electron chi connectivity index (χ1n) is 23.9. The van der Waals surface area contributed by atoms with Crippen LogP contribution in [0.2, 0.25) is 15.1 Å². The topological polar surface area (TPSA) is 116 Å². The van der Waals surface area contributed by atoms with Crippen molar-refractivity contribution in [1.82, 2.24) is 0 Å². The lowest BCUT2D eigenvalue weighted by Gasteiger charge is -2.69. The summed E-state index contributed by atoms with van der Waals surface area (Å²) in [6.07, 6.45) is 11.2. The lowest BCUT2D eigenvalue weighted by molar-refractivity contribution is -0.216. The van der Waals surface area contributed by atoms with Crippen molar-refractivity contribution >= 4 is 76.7 Å². The highest BCUT2D eigenvalue weighted by molar-refractivity contribution is 6.32. The monoisotopic (exact) mass is 982 g/mol. The normalized spacial score (nSPS) is 28.2. The zero-order chi connectivity index (χ0) is 49.4. The van der Waals surface area contributed by atoms with E-state index in [0.29, 0.717) is 50.4 Å². The highest BCUT2D eigenvalue weighted by Crippen LogP contribution is 2.74. The summed E-state index contributed by atoms with van der Waals surface area (Å²) in [5, 5.41) is 13.2. The molecule has 4 aliphatic carbocycles. The number of ketones is 1. The van der Waals surface area contributed by atoms with Crippen molar-refractivity contribution in [2.75, 3.05) is 0 Å². The average molecular weight is 984 g/mol. The summed E-state index contributed by atoms with van der Waals surface area (Å²) in [5.41, 5.74) is 1.29. The van der Waals surface area contributed by atoms with Crippen molar-refractivity contribution in [3.05, 3.63) is 134 Å². The summed E-state index contributed by atoms with van der Waals surface area (Å²) in [5.74, 6) is -1.76. The molecule has 9 atom stereocenters. The second-order valence-electron chi connectivity index (χ2n) is 21.3. The second-order valence-corrected chi connectivity index (χ2v) is 22.6. The Balaban J connectivity index is 1.25. The first-order chi connectivity index (χ1) is 32.0. The Kier molecular flexibility index (Phi) is 15.2. The number of allylic oxidation sites excluding steroid dienone is 1. The van der Waals surface area contributed by atoms with E-state index in [1.54, 1.807) is 66.8 Å². The Morgan fingerprint density at radius 3 is 1.75 bits per heavy atom. The van der Waals surface area contributed by atoms with Crippen LogP contribution in [0.5, 0.6) is 0 Å². The molecule has 3 aromatic rings. The molecule has 0 unspecified atom stereocenters. The fourth-order valence-electron chi connectivity index (χ4n) is 13.0. The van der Waals surface area contributed by atoms with Gasteiger partial charge in [0.1, 0.15) is 18.0 Å². The van der Waals surface area contributed by atoms with Crippen molar-refractivity contribution in [2.24, 2.45) is 39.4 Å². The molecule has 7 rings (SSSR count). The minimum absolute atomic E-state index is 0.0430. The van der Waals surface area contributed by atoms with E-state index in [1.807, 2.05) is 24.3 Å². The Bertz CT molecular complexity index is 2550. The van der Waals surface area contributed by atoms with Gasteiger partial charge >= 0.3 is 17.9 Å². The summed E-state index contributed by atoms with van der Waals surface area (Å²) in [6.45, 7) is 16.4. The molecular weight excluding hydrogens is 919 g/mol. The molecule has 0 bridgehead atoms. The standard InChI is InChI=1S/C57H65Cl3O8/c1-35(33-45(67-49(63)25-22-37-16-10-13-19-42(37)59)52(54(4,5)65)68-50(64)26-23-38-17-11-14-20-43(38)60)39-27-31-56(7)40(39)34-44(66-48(62)24-21-36-15-9-12-18-41(36)58)51-55(6)30-29-47(61)53(2,3)46(55)28-32-57(51,56)8/h9-26,35,44-46,51-52,65H,27-34H2,1-8H3/b24-21+,25-22+,26-23+/t35-,44+,45+,46+,51+,52-,55+,56+,57+/m1/s1. The first-order valence-corrected chi connectivity index (χ1v) is 25.0. The summed E-state index contributed by atoms with van der Waals surface area (Å²) < 4.78 is 19.0. The number of benzene rings is 3. The first kappa shape index (κ1) is 51.4. The predicted molar refractivity (Wildman–Crippen MR) is 271 cm³/mol. The van der Waals surface area contributed by atoms with Crippen LogP contribution in [0.3, 0.4) is 0 Å². The molecule has 4 aliphatic rings. The van der Waals surface area contributed by atoms with E-state index >= 15 is 0 Å². The van der Waals surface area contributed by atoms with Crippen LogP contribution in [0, 0.1) is 39.4 Å². The van der Waals surface area contributed by atoms with Gasteiger partial charge in [-0.15, -0.1) is 0 Å². The summed E-state index contributed by atoms with van der Waals surface area (Å²) in [4.78, 5) is 55.0. The number of halogens is 3. The minimum Gasteiger partial charge on any atom is -0.459 e. The van der Waals surface area contributed by atoms with Gasteiger partial charge in [0.15, 0.2) is 6.10 Å². The van der Waals surface area contributed by atoms with Gasteiger partial charge in [0.25, 0.3) is 0 Å². The van der Waals surface area contributed by atoms with Gasteiger partial charge in [-0.3, -0.25) is 4.79 Å². The largest absolute Gasteiger partial charge is 0.459 e. The molecule has 1 N–H and O–H groups in total. The molecule has 3 aromatic carbocycles. The van der Waals surface area contributed by atoms with E-state index in [2.05, 4.69) is 41.5 Å². The van der Waals surface area contributed by atoms with Crippen LogP contribution in [0.4, 0.5) is 0 Å². The van der Waals surface area contributed by atoms with Gasteiger partial charge in [0, 0.05) is 57.5 Å². The lowest BCUT2D eigenvalue weighted by atomic mass is 9.36. The van der Waals surface area contributed by atoms with Gasteiger partial charge < -0.3 is 19.3 Å². The molecule has 3 saturated carbocycles. The van der Waals surface area contributed by atoms with Crippen molar-refractivity contribution in [2.45, 2.75) is 131 Å². The van der Waals surface area contributed by atoms with E-state index in [-0.39, 0.29) is 40.4 Å². The molecule has 68 heavy (non-hydrogen) atoms. The van der Waals surface area contributed by atoms with E-state index < -0.39 is 47.2 Å². The van der Waals surface area contributed by atoms with Gasteiger partial charge in [-0.2, -0.15) is 0 Å². The van der Waals surface area contributed by atoms with Crippen molar-refractivity contribution < 1.29 is 38.5 Å². The third-order valence-electron chi connectivity index (χ3n) is 16.5. The number of fused-ring (bicyclic) bond motifs is 5. The fourth-order valence-corrected chi connectivity index (χ4v) is 13.6. The molecule has 0 aromatic heterocycles. The third kappa shape index (κ3) is 10.2. The number of aliphatic hydroxyl groups is 1. The molecule has 8 nitrogen and oxygen atoms in total. The minimum atomic E-state index is -1.65. The molecule has 0 amide bonds. The zero-order valence-electron chi connectivity index (χ0n) is 40.5. The lowest BCUT2D eigenvalue weighted by Crippen LogP contribution is -2.66. The molecular formula is C57H65Cl3O8. The number of hydrogen-bond donors (Lipinski definition) is 1. The molecule has 0 saturated heterocycles. The summed E-state index contributed by atoms with van der Waals surface area (Å²) in [6, 6.07) is 21.5. The maximum absolute atomic E-state index is 14.1. The van der Waals surface area contributed by atoms with Crippen LogP contribution < -0.4 is 0 Å². The van der Waals surface area contributed by atoms with E-state index in [0.717, 1.165) is 32.1 Å². The number of carbonyl (C=O) groups is 4. The Morgan fingerprint density at radius 2 is 1.24 bits per heavy atom. The molecule has 0 heterocycles. The van der Waals surface area contributed by atoms with Gasteiger partial charge in [-0.25, -0.2) is 14.4 Å². The fraction of sp³-hybridized carbons (Fsp3) is 0.474. The van der Waals surface area contributed by atoms with Gasteiger partial charge in [0.2, 0.25) is 0 Å². The van der Waals surface area contributed by atoms with Gasteiger partial charge in [-0.1, -0.05) is 142 Å². The summed E-state index contributed by atoms with van der Waals surface area (Å²) in [7, 11) is 0.